The molecule has 0 saturated carbocycles. The van der Waals surface area contributed by atoms with Crippen LogP contribution < -0.4 is 5.32 Å². The summed E-state index contributed by atoms with van der Waals surface area (Å²) >= 11 is 0. The molecule has 1 radical (unpaired) electrons. The van der Waals surface area contributed by atoms with E-state index in [1.807, 2.05) is 14.1 Å². The third-order valence-electron chi connectivity index (χ3n) is 1.72. The number of phenolic OH excluding ortho intramolecular Hbond substituents is 1. The first-order valence-electron chi connectivity index (χ1n) is 4.28. The number of benzene rings is 1. The second-order valence-electron chi connectivity index (χ2n) is 3.17. The molecule has 0 heterocycles. The van der Waals surface area contributed by atoms with Gasteiger partial charge < -0.3 is 15.3 Å². The van der Waals surface area contributed by atoms with Gasteiger partial charge in [-0.3, -0.25) is 0 Å². The van der Waals surface area contributed by atoms with E-state index in [4.69, 9.17) is 0 Å². The van der Waals surface area contributed by atoms with Crippen molar-refractivity contribution in [3.63, 3.8) is 0 Å². The number of likely N-dealkylation sites (N-methyl/N-ethyl adjacent to an activating group) is 1. The molecule has 1 aromatic carbocycles. The van der Waals surface area contributed by atoms with E-state index >= 15 is 0 Å². The van der Waals surface area contributed by atoms with Gasteiger partial charge >= 0.3 is 0 Å². The highest BCUT2D eigenvalue weighted by molar-refractivity contribution is 5.54. The Hall–Kier alpha value is -1.22. The van der Waals surface area contributed by atoms with Crippen molar-refractivity contribution in [1.82, 2.24) is 4.90 Å². The van der Waals surface area contributed by atoms with Crippen LogP contribution in [-0.4, -0.2) is 37.2 Å². The topological polar surface area (TPSA) is 35.5 Å². The number of anilines is 1. The minimum absolute atomic E-state index is 0.275. The maximum Gasteiger partial charge on any atom is 0.138 e. The minimum Gasteiger partial charge on any atom is -0.506 e. The molecule has 0 aliphatic heterocycles. The van der Waals surface area contributed by atoms with Crippen LogP contribution in [0.5, 0.6) is 5.75 Å². The fraction of sp³-hybridized carbons (Fsp3) is 0.400. The Bertz CT molecular complexity index is 261. The molecule has 0 aliphatic carbocycles. The van der Waals surface area contributed by atoms with Crippen molar-refractivity contribution in [2.45, 2.75) is 0 Å². The zero-order valence-corrected chi connectivity index (χ0v) is 8.04. The first-order valence-corrected chi connectivity index (χ1v) is 4.28. The Morgan fingerprint density at radius 3 is 2.92 bits per heavy atom. The summed E-state index contributed by atoms with van der Waals surface area (Å²) in [6.07, 6.45) is 0. The summed E-state index contributed by atoms with van der Waals surface area (Å²) in [5.74, 6) is 0.275. The maximum atomic E-state index is 9.38. The predicted molar refractivity (Wildman–Crippen MR) is 54.0 cm³/mol. The van der Waals surface area contributed by atoms with E-state index in [0.717, 1.165) is 18.8 Å². The molecule has 0 fully saturated rings. The summed E-state index contributed by atoms with van der Waals surface area (Å²) in [6, 6.07) is 7.95. The van der Waals surface area contributed by atoms with Gasteiger partial charge in [0.25, 0.3) is 0 Å². The van der Waals surface area contributed by atoms with Gasteiger partial charge in [-0.2, -0.15) is 0 Å². The molecule has 3 heteroatoms. The SMILES string of the molecule is CN(C)CCNc1c[c]ccc1O. The summed E-state index contributed by atoms with van der Waals surface area (Å²) in [4.78, 5) is 2.08. The second kappa shape index (κ2) is 4.72. The smallest absolute Gasteiger partial charge is 0.138 e. The normalized spacial score (nSPS) is 10.4. The molecule has 71 valence electrons. The zero-order chi connectivity index (χ0) is 9.68. The first-order chi connectivity index (χ1) is 6.20. The molecule has 0 bridgehead atoms. The van der Waals surface area contributed by atoms with Gasteiger partial charge in [0.1, 0.15) is 5.75 Å². The molecule has 0 unspecified atom stereocenters. The van der Waals surface area contributed by atoms with Crippen LogP contribution in [0, 0.1) is 6.07 Å². The van der Waals surface area contributed by atoms with Gasteiger partial charge in [-0.05, 0) is 32.3 Å². The molecular weight excluding hydrogens is 164 g/mol. The van der Waals surface area contributed by atoms with Gasteiger partial charge in [0.05, 0.1) is 5.69 Å². The Kier molecular flexibility index (Phi) is 3.58. The largest absolute Gasteiger partial charge is 0.506 e. The molecular formula is C10H15N2O. The average molecular weight is 179 g/mol. The number of phenols is 1. The van der Waals surface area contributed by atoms with Crippen LogP contribution in [-0.2, 0) is 0 Å². The summed E-state index contributed by atoms with van der Waals surface area (Å²) in [5.41, 5.74) is 0.740. The van der Waals surface area contributed by atoms with Gasteiger partial charge in [0, 0.05) is 13.1 Å². The molecule has 13 heavy (non-hydrogen) atoms. The summed E-state index contributed by atoms with van der Waals surface area (Å²) in [5, 5.41) is 12.5. The van der Waals surface area contributed by atoms with E-state index in [1.54, 1.807) is 18.2 Å². The first kappa shape index (κ1) is 9.86. The van der Waals surface area contributed by atoms with Crippen LogP contribution in [0.4, 0.5) is 5.69 Å². The lowest BCUT2D eigenvalue weighted by atomic mass is 10.3. The van der Waals surface area contributed by atoms with Gasteiger partial charge in [-0.1, -0.05) is 6.07 Å². The van der Waals surface area contributed by atoms with E-state index in [0.29, 0.717) is 0 Å². The predicted octanol–water partition coefficient (Wildman–Crippen LogP) is 1.17. The average Bonchev–Trinajstić information content (AvgIpc) is 2.08. The molecule has 0 saturated heterocycles. The quantitative estimate of drug-likeness (QED) is 0.681. The van der Waals surface area contributed by atoms with Crippen molar-refractivity contribution in [1.29, 1.82) is 0 Å². The third kappa shape index (κ3) is 3.34. The Balaban J connectivity index is 2.41. The highest BCUT2D eigenvalue weighted by atomic mass is 16.3. The molecule has 1 aromatic rings. The molecule has 0 amide bonds. The molecule has 0 spiro atoms. The van der Waals surface area contributed by atoms with Crippen molar-refractivity contribution in [2.24, 2.45) is 0 Å². The monoisotopic (exact) mass is 179 g/mol. The van der Waals surface area contributed by atoms with Gasteiger partial charge in [-0.15, -0.1) is 0 Å². The van der Waals surface area contributed by atoms with Gasteiger partial charge in [0.15, 0.2) is 0 Å². The van der Waals surface area contributed by atoms with Crippen LogP contribution in [0.2, 0.25) is 0 Å². The highest BCUT2D eigenvalue weighted by Crippen LogP contribution is 2.20. The van der Waals surface area contributed by atoms with Crippen molar-refractivity contribution >= 4 is 5.69 Å². The van der Waals surface area contributed by atoms with Crippen LogP contribution >= 0.6 is 0 Å². The third-order valence-corrected chi connectivity index (χ3v) is 1.72. The molecule has 2 N–H and O–H groups in total. The maximum absolute atomic E-state index is 9.38. The Morgan fingerprint density at radius 1 is 1.54 bits per heavy atom. The Labute approximate surface area is 79.0 Å². The van der Waals surface area contributed by atoms with Crippen LogP contribution in [0.1, 0.15) is 0 Å². The molecule has 0 aromatic heterocycles. The van der Waals surface area contributed by atoms with Crippen molar-refractivity contribution < 1.29 is 5.11 Å². The van der Waals surface area contributed by atoms with E-state index < -0.39 is 0 Å². The van der Waals surface area contributed by atoms with E-state index in [1.165, 1.54) is 0 Å². The lowest BCUT2D eigenvalue weighted by Gasteiger charge is -2.11. The lowest BCUT2D eigenvalue weighted by Crippen LogP contribution is -2.20. The van der Waals surface area contributed by atoms with Crippen LogP contribution in [0.15, 0.2) is 18.2 Å². The fourth-order valence-electron chi connectivity index (χ4n) is 0.978. The van der Waals surface area contributed by atoms with E-state index in [-0.39, 0.29) is 5.75 Å². The van der Waals surface area contributed by atoms with E-state index in [2.05, 4.69) is 16.3 Å². The second-order valence-corrected chi connectivity index (χ2v) is 3.17. The summed E-state index contributed by atoms with van der Waals surface area (Å²) < 4.78 is 0. The number of rotatable bonds is 4. The minimum atomic E-state index is 0.275. The molecule has 0 aliphatic rings. The molecule has 3 nitrogen and oxygen atoms in total. The number of nitrogens with zero attached hydrogens (tertiary/aromatic N) is 1. The van der Waals surface area contributed by atoms with Crippen molar-refractivity contribution in [3.05, 3.63) is 24.3 Å². The molecule has 0 atom stereocenters. The highest BCUT2D eigenvalue weighted by Gasteiger charge is 1.97. The number of hydrogen-bond acceptors (Lipinski definition) is 3. The van der Waals surface area contributed by atoms with Crippen molar-refractivity contribution in [3.8, 4) is 5.75 Å². The lowest BCUT2D eigenvalue weighted by molar-refractivity contribution is 0.424. The molecule has 1 rings (SSSR count). The van der Waals surface area contributed by atoms with Gasteiger partial charge in [0.2, 0.25) is 0 Å². The van der Waals surface area contributed by atoms with Crippen LogP contribution in [0.25, 0.3) is 0 Å². The fourth-order valence-corrected chi connectivity index (χ4v) is 0.978. The zero-order valence-electron chi connectivity index (χ0n) is 8.04. The van der Waals surface area contributed by atoms with Crippen molar-refractivity contribution in [2.75, 3.05) is 32.5 Å². The number of nitrogens with one attached hydrogen (secondary N) is 1. The standard InChI is InChI=1S/C10H15N2O/c1-12(2)8-7-11-9-5-3-4-6-10(9)13/h4-6,11,13H,7-8H2,1-2H3. The Morgan fingerprint density at radius 2 is 2.31 bits per heavy atom. The number of hydrogen-bond donors (Lipinski definition) is 2. The van der Waals surface area contributed by atoms with Crippen LogP contribution in [0.3, 0.4) is 0 Å². The summed E-state index contributed by atoms with van der Waals surface area (Å²) in [6.45, 7) is 1.76. The van der Waals surface area contributed by atoms with E-state index in [9.17, 15) is 5.11 Å². The van der Waals surface area contributed by atoms with Gasteiger partial charge in [-0.25, -0.2) is 0 Å². The summed E-state index contributed by atoms with van der Waals surface area (Å²) in [7, 11) is 4.03. The number of aromatic hydroxyl groups is 1.